The minimum atomic E-state index is -0.218. The highest BCUT2D eigenvalue weighted by molar-refractivity contribution is 5.86. The van der Waals surface area contributed by atoms with Gasteiger partial charge in [-0.3, -0.25) is 0 Å². The number of benzene rings is 1. The van der Waals surface area contributed by atoms with Crippen molar-refractivity contribution in [2.45, 2.75) is 33.1 Å². The zero-order valence-corrected chi connectivity index (χ0v) is 14.6. The second-order valence-corrected chi connectivity index (χ2v) is 6.51. The van der Waals surface area contributed by atoms with Crippen LogP contribution in [-0.4, -0.2) is 28.8 Å². The highest BCUT2D eigenvalue weighted by atomic mass is 16.5. The standard InChI is InChI=1S/C18H21N3O3/c1-6-23-16-13(15-20-17(24-21-15)18(2,3)4)10-11-9-12(22-5)7-8-14(11)19-16/h7-10H,6H2,1-5H3. The normalized spacial score (nSPS) is 11.7. The molecule has 24 heavy (non-hydrogen) atoms. The molecule has 6 nitrogen and oxygen atoms in total. The van der Waals surface area contributed by atoms with Crippen LogP contribution in [0.5, 0.6) is 11.6 Å². The number of ether oxygens (including phenoxy) is 2. The zero-order chi connectivity index (χ0) is 17.3. The Hall–Kier alpha value is -2.63. The first-order chi connectivity index (χ1) is 11.4. The Kier molecular flexibility index (Phi) is 4.13. The molecule has 2 aromatic heterocycles. The number of hydrogen-bond donors (Lipinski definition) is 0. The third kappa shape index (κ3) is 3.04. The van der Waals surface area contributed by atoms with Gasteiger partial charge in [0.15, 0.2) is 0 Å². The maximum absolute atomic E-state index is 5.69. The lowest BCUT2D eigenvalue weighted by Gasteiger charge is -2.11. The molecule has 0 N–H and O–H groups in total. The van der Waals surface area contributed by atoms with Crippen molar-refractivity contribution in [2.24, 2.45) is 0 Å². The average molecular weight is 327 g/mol. The van der Waals surface area contributed by atoms with E-state index in [9.17, 15) is 0 Å². The molecule has 0 aliphatic heterocycles. The number of methoxy groups -OCH3 is 1. The summed E-state index contributed by atoms with van der Waals surface area (Å²) in [5.74, 6) is 2.31. The summed E-state index contributed by atoms with van der Waals surface area (Å²) in [6.45, 7) is 8.50. The van der Waals surface area contributed by atoms with Crippen molar-refractivity contribution in [1.82, 2.24) is 15.1 Å². The topological polar surface area (TPSA) is 70.3 Å². The van der Waals surface area contributed by atoms with E-state index in [1.807, 2.05) is 52.0 Å². The van der Waals surface area contributed by atoms with Crippen molar-refractivity contribution in [3.8, 4) is 23.0 Å². The highest BCUT2D eigenvalue weighted by Crippen LogP contribution is 2.33. The molecule has 0 fully saturated rings. The van der Waals surface area contributed by atoms with Crippen molar-refractivity contribution in [3.63, 3.8) is 0 Å². The van der Waals surface area contributed by atoms with E-state index in [1.54, 1.807) is 7.11 Å². The number of fused-ring (bicyclic) bond motifs is 1. The quantitative estimate of drug-likeness (QED) is 0.721. The lowest BCUT2D eigenvalue weighted by atomic mass is 9.97. The second-order valence-electron chi connectivity index (χ2n) is 6.51. The number of pyridine rings is 1. The summed E-state index contributed by atoms with van der Waals surface area (Å²) in [7, 11) is 1.64. The van der Waals surface area contributed by atoms with Crippen LogP contribution in [0.3, 0.4) is 0 Å². The van der Waals surface area contributed by atoms with Crippen LogP contribution in [0, 0.1) is 0 Å². The van der Waals surface area contributed by atoms with E-state index in [-0.39, 0.29) is 5.41 Å². The van der Waals surface area contributed by atoms with E-state index in [0.717, 1.165) is 16.7 Å². The molecule has 0 amide bonds. The Morgan fingerprint density at radius 3 is 2.54 bits per heavy atom. The number of nitrogens with zero attached hydrogens (tertiary/aromatic N) is 3. The highest BCUT2D eigenvalue weighted by Gasteiger charge is 2.24. The molecule has 0 atom stereocenters. The van der Waals surface area contributed by atoms with Gasteiger partial charge < -0.3 is 14.0 Å². The van der Waals surface area contributed by atoms with Gasteiger partial charge in [-0.05, 0) is 31.2 Å². The fraction of sp³-hybridized carbons (Fsp3) is 0.389. The van der Waals surface area contributed by atoms with Gasteiger partial charge in [-0.2, -0.15) is 4.98 Å². The van der Waals surface area contributed by atoms with Gasteiger partial charge in [0.25, 0.3) is 0 Å². The summed E-state index contributed by atoms with van der Waals surface area (Å²) >= 11 is 0. The largest absolute Gasteiger partial charge is 0.497 e. The molecule has 0 aliphatic carbocycles. The van der Waals surface area contributed by atoms with Crippen LogP contribution in [-0.2, 0) is 5.41 Å². The molecule has 0 spiro atoms. The summed E-state index contributed by atoms with van der Waals surface area (Å²) in [4.78, 5) is 9.10. The van der Waals surface area contributed by atoms with Crippen LogP contribution >= 0.6 is 0 Å². The molecule has 0 unspecified atom stereocenters. The van der Waals surface area contributed by atoms with Gasteiger partial charge in [-0.1, -0.05) is 25.9 Å². The van der Waals surface area contributed by atoms with E-state index < -0.39 is 0 Å². The zero-order valence-electron chi connectivity index (χ0n) is 14.6. The predicted molar refractivity (Wildman–Crippen MR) is 91.5 cm³/mol. The van der Waals surface area contributed by atoms with Crippen LogP contribution in [0.4, 0.5) is 0 Å². The second kappa shape index (κ2) is 6.11. The Morgan fingerprint density at radius 2 is 1.92 bits per heavy atom. The Balaban J connectivity index is 2.16. The maximum Gasteiger partial charge on any atom is 0.232 e. The molecule has 3 aromatic rings. The van der Waals surface area contributed by atoms with Crippen LogP contribution in [0.2, 0.25) is 0 Å². The SMILES string of the molecule is CCOc1nc2ccc(OC)cc2cc1-c1noc(C(C)(C)C)n1. The number of aromatic nitrogens is 3. The van der Waals surface area contributed by atoms with Gasteiger partial charge in [-0.15, -0.1) is 0 Å². The van der Waals surface area contributed by atoms with E-state index >= 15 is 0 Å². The fourth-order valence-corrected chi connectivity index (χ4v) is 2.31. The predicted octanol–water partition coefficient (Wildman–Crippen LogP) is 3.99. The minimum absolute atomic E-state index is 0.218. The Labute approximate surface area is 140 Å². The van der Waals surface area contributed by atoms with Crippen molar-refractivity contribution in [1.29, 1.82) is 0 Å². The monoisotopic (exact) mass is 327 g/mol. The molecule has 0 bridgehead atoms. The molecule has 0 saturated heterocycles. The van der Waals surface area contributed by atoms with Crippen LogP contribution in [0.1, 0.15) is 33.6 Å². The first-order valence-electron chi connectivity index (χ1n) is 7.88. The van der Waals surface area contributed by atoms with Crippen molar-refractivity contribution in [3.05, 3.63) is 30.2 Å². The lowest BCUT2D eigenvalue weighted by molar-refractivity contribution is 0.319. The molecular weight excluding hydrogens is 306 g/mol. The summed E-state index contributed by atoms with van der Waals surface area (Å²) < 4.78 is 16.4. The number of rotatable bonds is 4. The first-order valence-corrected chi connectivity index (χ1v) is 7.88. The van der Waals surface area contributed by atoms with Gasteiger partial charge in [0.05, 0.1) is 24.8 Å². The van der Waals surface area contributed by atoms with Gasteiger partial charge in [0.1, 0.15) is 5.75 Å². The molecule has 6 heteroatoms. The van der Waals surface area contributed by atoms with Crippen molar-refractivity contribution in [2.75, 3.05) is 13.7 Å². The maximum atomic E-state index is 5.69. The summed E-state index contributed by atoms with van der Waals surface area (Å²) in [5, 5.41) is 5.03. The molecule has 2 heterocycles. The Morgan fingerprint density at radius 1 is 1.12 bits per heavy atom. The van der Waals surface area contributed by atoms with Gasteiger partial charge in [0.2, 0.25) is 17.6 Å². The average Bonchev–Trinajstić information content (AvgIpc) is 3.04. The third-order valence-corrected chi connectivity index (χ3v) is 3.58. The Bertz CT molecular complexity index is 866. The van der Waals surface area contributed by atoms with E-state index in [0.29, 0.717) is 29.8 Å². The smallest absolute Gasteiger partial charge is 0.232 e. The fourth-order valence-electron chi connectivity index (χ4n) is 2.31. The molecule has 0 saturated carbocycles. The molecule has 0 aliphatic rings. The summed E-state index contributed by atoms with van der Waals surface area (Å²) in [6.07, 6.45) is 0. The molecular formula is C18H21N3O3. The lowest BCUT2D eigenvalue weighted by Crippen LogP contribution is -2.11. The van der Waals surface area contributed by atoms with Crippen molar-refractivity contribution < 1.29 is 14.0 Å². The molecule has 3 rings (SSSR count). The molecule has 0 radical (unpaired) electrons. The van der Waals surface area contributed by atoms with E-state index in [1.165, 1.54) is 0 Å². The van der Waals surface area contributed by atoms with Gasteiger partial charge in [-0.25, -0.2) is 4.98 Å². The van der Waals surface area contributed by atoms with E-state index in [4.69, 9.17) is 14.0 Å². The summed E-state index contributed by atoms with van der Waals surface area (Å²) in [5.41, 5.74) is 1.31. The van der Waals surface area contributed by atoms with E-state index in [2.05, 4.69) is 15.1 Å². The van der Waals surface area contributed by atoms with Crippen LogP contribution < -0.4 is 9.47 Å². The van der Waals surface area contributed by atoms with Crippen LogP contribution in [0.25, 0.3) is 22.3 Å². The van der Waals surface area contributed by atoms with Gasteiger partial charge in [0, 0.05) is 10.8 Å². The minimum Gasteiger partial charge on any atom is -0.497 e. The first kappa shape index (κ1) is 16.2. The van der Waals surface area contributed by atoms with Crippen LogP contribution in [0.15, 0.2) is 28.8 Å². The third-order valence-electron chi connectivity index (χ3n) is 3.58. The summed E-state index contributed by atoms with van der Waals surface area (Å²) in [6, 6.07) is 7.65. The molecule has 126 valence electrons. The van der Waals surface area contributed by atoms with Gasteiger partial charge >= 0.3 is 0 Å². The van der Waals surface area contributed by atoms with Crippen molar-refractivity contribution >= 4 is 10.9 Å². The molecule has 1 aromatic carbocycles. The number of hydrogen-bond acceptors (Lipinski definition) is 6.